The molecule has 0 heterocycles. The van der Waals surface area contributed by atoms with Crippen LogP contribution < -0.4 is 29.6 Å². The molecule has 2 nitrogen and oxygen atoms in total. The number of carboxylic acids is 1. The van der Waals surface area contributed by atoms with E-state index in [1.807, 2.05) is 30.3 Å². The van der Waals surface area contributed by atoms with Crippen molar-refractivity contribution in [1.29, 1.82) is 0 Å². The van der Waals surface area contributed by atoms with Crippen LogP contribution in [0, 0.1) is 0 Å². The third-order valence-electron chi connectivity index (χ3n) is 1.55. The number of benzene rings is 1. The minimum Gasteiger partial charge on any atom is -1.00 e. The minimum atomic E-state index is -0.993. The Kier molecular flexibility index (Phi) is 6.21. The molecule has 0 spiro atoms. The third kappa shape index (κ3) is 4.42. The van der Waals surface area contributed by atoms with Gasteiger partial charge in [0.2, 0.25) is 0 Å². The molecule has 0 aromatic heterocycles. The van der Waals surface area contributed by atoms with E-state index in [1.54, 1.807) is 6.08 Å². The Morgan fingerprint density at radius 1 is 1.36 bits per heavy atom. The van der Waals surface area contributed by atoms with Gasteiger partial charge in [0.05, 0.1) is 5.57 Å². The molecule has 1 rings (SSSR count). The molecule has 0 fully saturated rings. The van der Waals surface area contributed by atoms with Gasteiger partial charge in [0.25, 0.3) is 0 Å². The summed E-state index contributed by atoms with van der Waals surface area (Å²) in [6, 6.07) is 9.48. The summed E-state index contributed by atoms with van der Waals surface area (Å²) in [6.07, 6.45) is 3.20. The molecule has 0 radical (unpaired) electrons. The van der Waals surface area contributed by atoms with Crippen LogP contribution in [-0.2, 0) is 4.79 Å². The minimum absolute atomic E-state index is 0. The third-order valence-corrected chi connectivity index (χ3v) is 1.55. The van der Waals surface area contributed by atoms with E-state index in [0.29, 0.717) is 0 Å². The second-order valence-electron chi connectivity index (χ2n) is 2.57. The quantitative estimate of drug-likeness (QED) is 0.402. The number of hydrogen-bond donors (Lipinski definition) is 1. The van der Waals surface area contributed by atoms with Crippen LogP contribution in [-0.4, -0.2) is 11.1 Å². The van der Waals surface area contributed by atoms with Gasteiger partial charge in [-0.05, 0) is 11.6 Å². The van der Waals surface area contributed by atoms with Crippen LogP contribution in [0.2, 0.25) is 0 Å². The first-order valence-corrected chi connectivity index (χ1v) is 3.85. The van der Waals surface area contributed by atoms with Gasteiger partial charge in [-0.15, -0.1) is 0 Å². The Balaban J connectivity index is 0. The van der Waals surface area contributed by atoms with E-state index in [0.717, 1.165) is 5.56 Å². The first-order valence-electron chi connectivity index (χ1n) is 3.85. The van der Waals surface area contributed by atoms with E-state index >= 15 is 0 Å². The molecule has 1 N–H and O–H groups in total. The van der Waals surface area contributed by atoms with Crippen molar-refractivity contribution < 1.29 is 40.9 Å². The molecule has 68 valence electrons. The average molecular weight is 198 g/mol. The van der Waals surface area contributed by atoms with Gasteiger partial charge in [-0.3, -0.25) is 0 Å². The summed E-state index contributed by atoms with van der Waals surface area (Å²) in [5, 5.41) is 8.51. The van der Waals surface area contributed by atoms with Crippen LogP contribution in [0.25, 0.3) is 6.08 Å². The number of aliphatic carboxylic acids is 1. The van der Waals surface area contributed by atoms with E-state index in [1.165, 1.54) is 6.08 Å². The number of hydrogen-bond acceptors (Lipinski definition) is 1. The fourth-order valence-corrected chi connectivity index (χ4v) is 0.832. The molecule has 3 heteroatoms. The molecule has 0 atom stereocenters. The zero-order valence-corrected chi connectivity index (χ0v) is 10.1. The van der Waals surface area contributed by atoms with Gasteiger partial charge >= 0.3 is 35.5 Å². The topological polar surface area (TPSA) is 37.3 Å². The van der Waals surface area contributed by atoms with E-state index in [4.69, 9.17) is 5.11 Å². The molecular weight excluding hydrogens is 187 g/mol. The van der Waals surface area contributed by atoms with Crippen molar-refractivity contribution in [3.05, 3.63) is 54.1 Å². The number of carboxylic acid groups (broad SMARTS) is 1. The summed E-state index contributed by atoms with van der Waals surface area (Å²) < 4.78 is 0. The predicted octanol–water partition coefficient (Wildman–Crippen LogP) is -0.543. The molecule has 0 aliphatic heterocycles. The van der Waals surface area contributed by atoms with E-state index < -0.39 is 5.97 Å². The zero-order chi connectivity index (χ0) is 9.68. The molecule has 0 bridgehead atoms. The Morgan fingerprint density at radius 3 is 2.43 bits per heavy atom. The molecule has 14 heavy (non-hydrogen) atoms. The van der Waals surface area contributed by atoms with Gasteiger partial charge in [-0.25, -0.2) is 4.79 Å². The zero-order valence-electron chi connectivity index (χ0n) is 9.10. The Bertz CT molecular complexity index is 347. The molecule has 1 aromatic rings. The maximum absolute atomic E-state index is 10.4. The summed E-state index contributed by atoms with van der Waals surface area (Å²) in [4.78, 5) is 10.4. The standard InChI is InChI=1S/C11H10O2.Na.H/c1-9(11(12)13)7-8-10-5-3-2-4-6-10;;/h2-8H,1H2,(H,12,13);;/q;+1;-1. The van der Waals surface area contributed by atoms with Gasteiger partial charge in [-0.1, -0.05) is 43.0 Å². The number of rotatable bonds is 3. The summed E-state index contributed by atoms with van der Waals surface area (Å²) >= 11 is 0. The van der Waals surface area contributed by atoms with Gasteiger partial charge < -0.3 is 6.53 Å². The average Bonchev–Trinajstić information content (AvgIpc) is 2.15. The summed E-state index contributed by atoms with van der Waals surface area (Å²) in [5.41, 5.74) is 1.05. The van der Waals surface area contributed by atoms with Crippen molar-refractivity contribution in [2.24, 2.45) is 0 Å². The van der Waals surface area contributed by atoms with Crippen molar-refractivity contribution >= 4 is 12.0 Å². The van der Waals surface area contributed by atoms with Crippen LogP contribution in [0.15, 0.2) is 48.6 Å². The fraction of sp³-hybridized carbons (Fsp3) is 0. The molecule has 0 saturated heterocycles. The van der Waals surface area contributed by atoms with Gasteiger partial charge in [0.15, 0.2) is 0 Å². The molecular formula is C11H11NaO2. The molecule has 0 unspecified atom stereocenters. The van der Waals surface area contributed by atoms with Crippen molar-refractivity contribution in [2.45, 2.75) is 0 Å². The second kappa shape index (κ2) is 6.60. The fourth-order valence-electron chi connectivity index (χ4n) is 0.832. The molecule has 0 aliphatic carbocycles. The molecule has 0 aliphatic rings. The van der Waals surface area contributed by atoms with Crippen molar-refractivity contribution in [3.63, 3.8) is 0 Å². The monoisotopic (exact) mass is 198 g/mol. The normalized spacial score (nSPS) is 9.43. The van der Waals surface area contributed by atoms with Gasteiger partial charge in [0.1, 0.15) is 0 Å². The van der Waals surface area contributed by atoms with E-state index in [2.05, 4.69) is 6.58 Å². The van der Waals surface area contributed by atoms with Crippen LogP contribution >= 0.6 is 0 Å². The number of carbonyl (C=O) groups is 1. The van der Waals surface area contributed by atoms with Crippen molar-refractivity contribution in [3.8, 4) is 0 Å². The van der Waals surface area contributed by atoms with E-state index in [9.17, 15) is 4.79 Å². The van der Waals surface area contributed by atoms with Crippen molar-refractivity contribution in [2.75, 3.05) is 0 Å². The smallest absolute Gasteiger partial charge is 1.00 e. The van der Waals surface area contributed by atoms with Gasteiger partial charge in [0, 0.05) is 0 Å². The van der Waals surface area contributed by atoms with E-state index in [-0.39, 0.29) is 36.6 Å². The van der Waals surface area contributed by atoms with Crippen LogP contribution in [0.3, 0.4) is 0 Å². The Morgan fingerprint density at radius 2 is 1.93 bits per heavy atom. The maximum atomic E-state index is 10.4. The first-order chi connectivity index (χ1) is 6.20. The predicted molar refractivity (Wildman–Crippen MR) is 53.4 cm³/mol. The summed E-state index contributed by atoms with van der Waals surface area (Å²) in [7, 11) is 0. The Hall–Kier alpha value is -0.830. The van der Waals surface area contributed by atoms with Crippen molar-refractivity contribution in [1.82, 2.24) is 0 Å². The molecule has 0 saturated carbocycles. The Labute approximate surface area is 107 Å². The SMILES string of the molecule is C=C(C=Cc1ccccc1)C(=O)O.[H-].[Na+]. The van der Waals surface area contributed by atoms with Crippen LogP contribution in [0.5, 0.6) is 0 Å². The second-order valence-corrected chi connectivity index (χ2v) is 2.57. The first kappa shape index (κ1) is 13.2. The molecule has 1 aromatic carbocycles. The maximum Gasteiger partial charge on any atom is 1.00 e. The van der Waals surface area contributed by atoms with Crippen LogP contribution in [0.4, 0.5) is 0 Å². The van der Waals surface area contributed by atoms with Crippen LogP contribution in [0.1, 0.15) is 6.99 Å². The largest absolute Gasteiger partial charge is 1.00 e. The van der Waals surface area contributed by atoms with Gasteiger partial charge in [-0.2, -0.15) is 0 Å². The molecule has 0 amide bonds. The summed E-state index contributed by atoms with van der Waals surface area (Å²) in [5.74, 6) is -0.993. The summed E-state index contributed by atoms with van der Waals surface area (Å²) in [6.45, 7) is 3.38.